The zero-order chi connectivity index (χ0) is 15.6. The highest BCUT2D eigenvalue weighted by atomic mass is 32.2. The quantitative estimate of drug-likeness (QED) is 0.874. The minimum Gasteiger partial charge on any atom is -0.384 e. The number of pyridine rings is 1. The Morgan fingerprint density at radius 1 is 1.25 bits per heavy atom. The summed E-state index contributed by atoms with van der Waals surface area (Å²) in [7, 11) is -3.45. The van der Waals surface area contributed by atoms with Gasteiger partial charge in [0.05, 0.1) is 10.3 Å². The lowest BCUT2D eigenvalue weighted by molar-refractivity contribution is 0.359. The van der Waals surface area contributed by atoms with Crippen molar-refractivity contribution < 1.29 is 8.42 Å². The van der Waals surface area contributed by atoms with E-state index in [4.69, 9.17) is 5.73 Å². The monoisotopic (exact) mass is 299 g/mol. The number of nitrogens with one attached hydrogen (secondary N) is 1. The van der Waals surface area contributed by atoms with E-state index in [0.29, 0.717) is 18.7 Å². The lowest BCUT2D eigenvalue weighted by atomic mass is 9.86. The second-order valence-electron chi connectivity index (χ2n) is 5.98. The minimum absolute atomic E-state index is 0.392. The summed E-state index contributed by atoms with van der Waals surface area (Å²) in [5.41, 5.74) is 5.93. The molecule has 20 heavy (non-hydrogen) atoms. The van der Waals surface area contributed by atoms with E-state index >= 15 is 0 Å². The SMILES string of the molecule is CCC(CC)(NS(=O)(=O)C(C)(C)C)c1ccnc(N)c1. The van der Waals surface area contributed by atoms with Crippen LogP contribution < -0.4 is 10.5 Å². The first-order chi connectivity index (χ1) is 9.08. The Hall–Kier alpha value is -1.14. The fourth-order valence-electron chi connectivity index (χ4n) is 2.02. The third kappa shape index (κ3) is 3.30. The van der Waals surface area contributed by atoms with Crippen LogP contribution in [0.2, 0.25) is 0 Å². The second kappa shape index (κ2) is 5.69. The molecule has 0 spiro atoms. The van der Waals surface area contributed by atoms with Gasteiger partial charge in [0.25, 0.3) is 0 Å². The molecule has 0 aliphatic rings. The second-order valence-corrected chi connectivity index (χ2v) is 8.41. The number of rotatable bonds is 5. The van der Waals surface area contributed by atoms with Crippen LogP contribution in [-0.2, 0) is 15.6 Å². The van der Waals surface area contributed by atoms with Crippen LogP contribution in [-0.4, -0.2) is 18.1 Å². The Morgan fingerprint density at radius 3 is 2.20 bits per heavy atom. The highest BCUT2D eigenvalue weighted by molar-refractivity contribution is 7.90. The number of nitrogens with zero attached hydrogens (tertiary/aromatic N) is 1. The highest BCUT2D eigenvalue weighted by Crippen LogP contribution is 2.32. The van der Waals surface area contributed by atoms with Gasteiger partial charge in [-0.2, -0.15) is 0 Å². The van der Waals surface area contributed by atoms with Crippen molar-refractivity contribution in [2.45, 2.75) is 57.7 Å². The summed E-state index contributed by atoms with van der Waals surface area (Å²) in [5.74, 6) is 0.392. The van der Waals surface area contributed by atoms with Crippen LogP contribution in [0, 0.1) is 0 Å². The average Bonchev–Trinajstić information content (AvgIpc) is 2.34. The van der Waals surface area contributed by atoms with Crippen molar-refractivity contribution in [3.05, 3.63) is 23.9 Å². The molecule has 0 saturated carbocycles. The van der Waals surface area contributed by atoms with Crippen LogP contribution in [0.3, 0.4) is 0 Å². The molecule has 0 unspecified atom stereocenters. The van der Waals surface area contributed by atoms with Gasteiger partial charge >= 0.3 is 0 Å². The number of hydrogen-bond donors (Lipinski definition) is 2. The van der Waals surface area contributed by atoms with Crippen molar-refractivity contribution >= 4 is 15.8 Å². The van der Waals surface area contributed by atoms with Gasteiger partial charge in [0.1, 0.15) is 5.82 Å². The molecule has 0 aliphatic carbocycles. The summed E-state index contributed by atoms with van der Waals surface area (Å²) in [6.07, 6.45) is 2.89. The Morgan fingerprint density at radius 2 is 1.80 bits per heavy atom. The Kier molecular flexibility index (Phi) is 4.82. The fraction of sp³-hybridized carbons (Fsp3) is 0.643. The van der Waals surface area contributed by atoms with Crippen molar-refractivity contribution in [1.29, 1.82) is 0 Å². The largest absolute Gasteiger partial charge is 0.384 e. The smallest absolute Gasteiger partial charge is 0.217 e. The van der Waals surface area contributed by atoms with E-state index in [1.165, 1.54) is 0 Å². The zero-order valence-corrected chi connectivity index (χ0v) is 13.7. The molecule has 3 N–H and O–H groups in total. The summed E-state index contributed by atoms with van der Waals surface area (Å²) in [6, 6.07) is 3.55. The van der Waals surface area contributed by atoms with Gasteiger partial charge in [0, 0.05) is 6.20 Å². The molecule has 5 nitrogen and oxygen atoms in total. The third-order valence-corrected chi connectivity index (χ3v) is 5.95. The topological polar surface area (TPSA) is 85.1 Å². The first-order valence-electron chi connectivity index (χ1n) is 6.83. The number of nitrogen functional groups attached to an aromatic ring is 1. The molecule has 0 amide bonds. The van der Waals surface area contributed by atoms with Gasteiger partial charge in [0.15, 0.2) is 0 Å². The normalized spacial score (nSPS) is 13.4. The lowest BCUT2D eigenvalue weighted by Gasteiger charge is -2.36. The number of aromatic nitrogens is 1. The summed E-state index contributed by atoms with van der Waals surface area (Å²) < 4.78 is 27.0. The van der Waals surface area contributed by atoms with E-state index in [-0.39, 0.29) is 0 Å². The van der Waals surface area contributed by atoms with Gasteiger partial charge in [-0.05, 0) is 51.3 Å². The minimum atomic E-state index is -3.45. The van der Waals surface area contributed by atoms with E-state index in [0.717, 1.165) is 5.56 Å². The van der Waals surface area contributed by atoms with E-state index in [1.807, 2.05) is 19.9 Å². The van der Waals surface area contributed by atoms with Crippen LogP contribution in [0.15, 0.2) is 18.3 Å². The first-order valence-corrected chi connectivity index (χ1v) is 8.32. The maximum absolute atomic E-state index is 12.5. The summed E-state index contributed by atoms with van der Waals surface area (Å²) >= 11 is 0. The Bertz CT molecular complexity index is 558. The Labute approximate surface area is 122 Å². The van der Waals surface area contributed by atoms with Crippen LogP contribution in [0.5, 0.6) is 0 Å². The van der Waals surface area contributed by atoms with Crippen molar-refractivity contribution in [3.8, 4) is 0 Å². The van der Waals surface area contributed by atoms with E-state index in [9.17, 15) is 8.42 Å². The molecule has 0 bridgehead atoms. The molecular weight excluding hydrogens is 274 g/mol. The van der Waals surface area contributed by atoms with E-state index < -0.39 is 20.3 Å². The molecular formula is C14H25N3O2S. The molecule has 114 valence electrons. The fourth-order valence-corrected chi connectivity index (χ4v) is 3.24. The maximum atomic E-state index is 12.5. The standard InChI is InChI=1S/C14H25N3O2S/c1-6-14(7-2,11-8-9-16-12(15)10-11)17-20(18,19)13(3,4)5/h8-10,17H,6-7H2,1-5H3,(H2,15,16). The molecule has 1 heterocycles. The molecule has 0 atom stereocenters. The molecule has 0 saturated heterocycles. The van der Waals surface area contributed by atoms with Gasteiger partial charge in [-0.15, -0.1) is 0 Å². The molecule has 1 aromatic heterocycles. The predicted molar refractivity (Wildman–Crippen MR) is 82.7 cm³/mol. The molecule has 0 aromatic carbocycles. The summed E-state index contributed by atoms with van der Waals surface area (Å²) in [4.78, 5) is 3.97. The van der Waals surface area contributed by atoms with Gasteiger partial charge < -0.3 is 5.73 Å². The summed E-state index contributed by atoms with van der Waals surface area (Å²) in [6.45, 7) is 8.99. The molecule has 0 radical (unpaired) electrons. The van der Waals surface area contributed by atoms with Crippen molar-refractivity contribution in [1.82, 2.24) is 9.71 Å². The van der Waals surface area contributed by atoms with Gasteiger partial charge in [-0.3, -0.25) is 0 Å². The van der Waals surface area contributed by atoms with Crippen LogP contribution in [0.4, 0.5) is 5.82 Å². The number of anilines is 1. The molecule has 1 rings (SSSR count). The third-order valence-electron chi connectivity index (χ3n) is 3.68. The highest BCUT2D eigenvalue weighted by Gasteiger charge is 2.38. The van der Waals surface area contributed by atoms with Crippen LogP contribution in [0.25, 0.3) is 0 Å². The first kappa shape index (κ1) is 16.9. The number of sulfonamides is 1. The number of hydrogen-bond acceptors (Lipinski definition) is 4. The molecule has 0 aliphatic heterocycles. The van der Waals surface area contributed by atoms with Crippen molar-refractivity contribution in [3.63, 3.8) is 0 Å². The predicted octanol–water partition coefficient (Wildman–Crippen LogP) is 2.40. The zero-order valence-electron chi connectivity index (χ0n) is 12.9. The van der Waals surface area contributed by atoms with E-state index in [2.05, 4.69) is 9.71 Å². The maximum Gasteiger partial charge on any atom is 0.217 e. The molecule has 6 heteroatoms. The van der Waals surface area contributed by atoms with Gasteiger partial charge in [0.2, 0.25) is 10.0 Å². The van der Waals surface area contributed by atoms with Gasteiger partial charge in [-0.25, -0.2) is 18.1 Å². The van der Waals surface area contributed by atoms with Crippen molar-refractivity contribution in [2.24, 2.45) is 0 Å². The van der Waals surface area contributed by atoms with Gasteiger partial charge in [-0.1, -0.05) is 13.8 Å². The Balaban J connectivity index is 3.31. The average molecular weight is 299 g/mol. The van der Waals surface area contributed by atoms with Crippen LogP contribution >= 0.6 is 0 Å². The van der Waals surface area contributed by atoms with E-state index in [1.54, 1.807) is 33.0 Å². The lowest BCUT2D eigenvalue weighted by Crippen LogP contribution is -2.51. The molecule has 0 fully saturated rings. The molecule has 1 aromatic rings. The number of nitrogens with two attached hydrogens (primary N) is 1. The van der Waals surface area contributed by atoms with Crippen molar-refractivity contribution in [2.75, 3.05) is 5.73 Å². The summed E-state index contributed by atoms with van der Waals surface area (Å²) in [5, 5.41) is 0. The van der Waals surface area contributed by atoms with Crippen LogP contribution in [0.1, 0.15) is 53.0 Å².